The molecule has 1 N–H and O–H groups in total. The largest absolute Gasteiger partial charge is 0.365 e. The predicted octanol–water partition coefficient (Wildman–Crippen LogP) is 2.04. The summed E-state index contributed by atoms with van der Waals surface area (Å²) in [5.74, 6) is 0.350. The Bertz CT molecular complexity index is 455. The van der Waals surface area contributed by atoms with E-state index in [0.717, 1.165) is 19.5 Å². The maximum atomic E-state index is 12.0. The Labute approximate surface area is 108 Å². The van der Waals surface area contributed by atoms with Crippen molar-refractivity contribution >= 4 is 11.6 Å². The van der Waals surface area contributed by atoms with Gasteiger partial charge in [-0.05, 0) is 24.0 Å². The Morgan fingerprint density at radius 2 is 2.00 bits per heavy atom. The third kappa shape index (κ3) is 1.78. The SMILES string of the molecule is CC1(C)C[C@H]2CN(c3ccccc3)[C@@H]1CNC2=O. The van der Waals surface area contributed by atoms with Crippen molar-refractivity contribution in [1.82, 2.24) is 5.32 Å². The van der Waals surface area contributed by atoms with Gasteiger partial charge in [-0.1, -0.05) is 32.0 Å². The highest BCUT2D eigenvalue weighted by Crippen LogP contribution is 2.41. The van der Waals surface area contributed by atoms with Gasteiger partial charge in [0.15, 0.2) is 0 Å². The summed E-state index contributed by atoms with van der Waals surface area (Å²) in [6.45, 7) is 6.17. The van der Waals surface area contributed by atoms with Gasteiger partial charge in [0.1, 0.15) is 0 Å². The molecular formula is C15H20N2O. The summed E-state index contributed by atoms with van der Waals surface area (Å²) in [5.41, 5.74) is 1.41. The first kappa shape index (κ1) is 11.6. The summed E-state index contributed by atoms with van der Waals surface area (Å²) in [4.78, 5) is 14.4. The van der Waals surface area contributed by atoms with Crippen LogP contribution in [0, 0.1) is 11.3 Å². The summed E-state index contributed by atoms with van der Waals surface area (Å²) in [5, 5.41) is 3.08. The second kappa shape index (κ2) is 4.01. The van der Waals surface area contributed by atoms with Crippen molar-refractivity contribution in [3.63, 3.8) is 0 Å². The number of amides is 1. The molecule has 1 aromatic carbocycles. The van der Waals surface area contributed by atoms with Gasteiger partial charge in [0.25, 0.3) is 0 Å². The van der Waals surface area contributed by atoms with Gasteiger partial charge in [-0.2, -0.15) is 0 Å². The number of hydrogen-bond acceptors (Lipinski definition) is 2. The van der Waals surface area contributed by atoms with Crippen LogP contribution >= 0.6 is 0 Å². The number of rotatable bonds is 1. The number of anilines is 1. The maximum absolute atomic E-state index is 12.0. The van der Waals surface area contributed by atoms with Gasteiger partial charge >= 0.3 is 0 Å². The van der Waals surface area contributed by atoms with Crippen LogP contribution in [0.15, 0.2) is 30.3 Å². The van der Waals surface area contributed by atoms with Crippen LogP contribution < -0.4 is 10.2 Å². The fourth-order valence-electron chi connectivity index (χ4n) is 3.43. The van der Waals surface area contributed by atoms with Gasteiger partial charge in [0, 0.05) is 18.8 Å². The third-order valence-corrected chi connectivity index (χ3v) is 4.40. The molecule has 0 unspecified atom stereocenters. The summed E-state index contributed by atoms with van der Waals surface area (Å²) in [6, 6.07) is 10.8. The van der Waals surface area contributed by atoms with Crippen molar-refractivity contribution in [3.05, 3.63) is 30.3 Å². The minimum absolute atomic E-state index is 0.124. The zero-order valence-corrected chi connectivity index (χ0v) is 11.0. The van der Waals surface area contributed by atoms with Crippen molar-refractivity contribution in [2.45, 2.75) is 26.3 Å². The van der Waals surface area contributed by atoms with Crippen LogP contribution in [-0.2, 0) is 4.79 Å². The Balaban J connectivity index is 1.99. The maximum Gasteiger partial charge on any atom is 0.224 e. The van der Waals surface area contributed by atoms with Gasteiger partial charge in [-0.25, -0.2) is 0 Å². The highest BCUT2D eigenvalue weighted by atomic mass is 16.2. The van der Waals surface area contributed by atoms with Crippen LogP contribution in [0.1, 0.15) is 20.3 Å². The number of benzene rings is 1. The zero-order chi connectivity index (χ0) is 12.8. The number of carbonyl (C=O) groups excluding carboxylic acids is 1. The molecule has 0 radical (unpaired) electrons. The Kier molecular flexibility index (Phi) is 2.58. The molecule has 0 spiro atoms. The van der Waals surface area contributed by atoms with E-state index in [4.69, 9.17) is 0 Å². The number of hydrogen-bond donors (Lipinski definition) is 1. The fourth-order valence-corrected chi connectivity index (χ4v) is 3.43. The average molecular weight is 244 g/mol. The van der Waals surface area contributed by atoms with E-state index in [1.165, 1.54) is 5.69 Å². The van der Waals surface area contributed by atoms with Crippen LogP contribution in [0.4, 0.5) is 5.69 Å². The second-order valence-corrected chi connectivity index (χ2v) is 6.14. The van der Waals surface area contributed by atoms with Crippen LogP contribution in [0.2, 0.25) is 0 Å². The molecule has 96 valence electrons. The summed E-state index contributed by atoms with van der Waals surface area (Å²) in [7, 11) is 0. The number of piperidine rings is 1. The lowest BCUT2D eigenvalue weighted by molar-refractivity contribution is -0.124. The van der Waals surface area contributed by atoms with Gasteiger partial charge in [-0.3, -0.25) is 4.79 Å². The normalized spacial score (nSPS) is 29.9. The molecule has 3 heteroatoms. The van der Waals surface area contributed by atoms with Gasteiger partial charge in [-0.15, -0.1) is 0 Å². The molecule has 0 aromatic heterocycles. The van der Waals surface area contributed by atoms with Gasteiger partial charge < -0.3 is 10.2 Å². The third-order valence-electron chi connectivity index (χ3n) is 4.40. The van der Waals surface area contributed by atoms with Crippen molar-refractivity contribution in [1.29, 1.82) is 0 Å². The lowest BCUT2D eigenvalue weighted by Gasteiger charge is -2.47. The second-order valence-electron chi connectivity index (χ2n) is 6.14. The molecule has 0 saturated carbocycles. The number of fused-ring (bicyclic) bond motifs is 4. The smallest absolute Gasteiger partial charge is 0.224 e. The van der Waals surface area contributed by atoms with E-state index in [1.54, 1.807) is 0 Å². The number of nitrogens with one attached hydrogen (secondary N) is 1. The molecule has 3 heterocycles. The van der Waals surface area contributed by atoms with Crippen molar-refractivity contribution in [3.8, 4) is 0 Å². The molecule has 2 bridgehead atoms. The molecule has 3 nitrogen and oxygen atoms in total. The lowest BCUT2D eigenvalue weighted by atomic mass is 9.73. The molecule has 2 atom stereocenters. The molecule has 4 rings (SSSR count). The van der Waals surface area contributed by atoms with Gasteiger partial charge in [0.05, 0.1) is 12.0 Å². The highest BCUT2D eigenvalue weighted by molar-refractivity contribution is 5.81. The first-order chi connectivity index (χ1) is 8.58. The summed E-state index contributed by atoms with van der Waals surface area (Å²) in [6.07, 6.45) is 0.993. The standard InChI is InChI=1S/C15H20N2O/c1-15(2)8-11-10-17(12-6-4-3-5-7-12)13(15)9-16-14(11)18/h3-7,11,13H,8-10H2,1-2H3,(H,16,18)/t11-,13+/m0/s1. The zero-order valence-electron chi connectivity index (χ0n) is 11.0. The molecule has 3 aliphatic rings. The van der Waals surface area contributed by atoms with E-state index >= 15 is 0 Å². The quantitative estimate of drug-likeness (QED) is 0.820. The van der Waals surface area contributed by atoms with E-state index in [1.807, 2.05) is 6.07 Å². The molecule has 3 saturated heterocycles. The number of para-hydroxylation sites is 1. The van der Waals surface area contributed by atoms with Crippen LogP contribution in [0.3, 0.4) is 0 Å². The summed E-state index contributed by atoms with van der Waals surface area (Å²) >= 11 is 0. The van der Waals surface area contributed by atoms with Crippen molar-refractivity contribution < 1.29 is 4.79 Å². The van der Waals surface area contributed by atoms with Crippen LogP contribution in [-0.4, -0.2) is 25.0 Å². The molecular weight excluding hydrogens is 224 g/mol. The molecule has 3 fully saturated rings. The molecule has 1 aromatic rings. The van der Waals surface area contributed by atoms with Gasteiger partial charge in [0.2, 0.25) is 5.91 Å². The van der Waals surface area contributed by atoms with Crippen LogP contribution in [0.5, 0.6) is 0 Å². The van der Waals surface area contributed by atoms with E-state index in [2.05, 4.69) is 48.3 Å². The van der Waals surface area contributed by atoms with E-state index < -0.39 is 0 Å². The average Bonchev–Trinajstić information content (AvgIpc) is 2.57. The summed E-state index contributed by atoms with van der Waals surface area (Å²) < 4.78 is 0. The number of nitrogens with zero attached hydrogens (tertiary/aromatic N) is 1. The highest BCUT2D eigenvalue weighted by Gasteiger charge is 2.46. The Morgan fingerprint density at radius 3 is 2.72 bits per heavy atom. The molecule has 1 amide bonds. The van der Waals surface area contributed by atoms with E-state index in [0.29, 0.717) is 6.04 Å². The predicted molar refractivity (Wildman–Crippen MR) is 72.5 cm³/mol. The first-order valence-corrected chi connectivity index (χ1v) is 6.67. The minimum atomic E-state index is 0.124. The fraction of sp³-hybridized carbons (Fsp3) is 0.533. The first-order valence-electron chi connectivity index (χ1n) is 6.67. The topological polar surface area (TPSA) is 32.3 Å². The molecule has 18 heavy (non-hydrogen) atoms. The van der Waals surface area contributed by atoms with Crippen molar-refractivity contribution in [2.24, 2.45) is 11.3 Å². The van der Waals surface area contributed by atoms with E-state index in [-0.39, 0.29) is 17.2 Å². The number of carbonyl (C=O) groups is 1. The Morgan fingerprint density at radius 1 is 1.28 bits per heavy atom. The van der Waals surface area contributed by atoms with Crippen LogP contribution in [0.25, 0.3) is 0 Å². The molecule has 3 aliphatic heterocycles. The monoisotopic (exact) mass is 244 g/mol. The minimum Gasteiger partial charge on any atom is -0.365 e. The van der Waals surface area contributed by atoms with E-state index in [9.17, 15) is 4.79 Å². The van der Waals surface area contributed by atoms with Crippen molar-refractivity contribution in [2.75, 3.05) is 18.0 Å². The Hall–Kier alpha value is -1.51. The lowest BCUT2D eigenvalue weighted by Crippen LogP contribution is -2.53. The molecule has 0 aliphatic carbocycles.